The van der Waals surface area contributed by atoms with Crippen LogP contribution in [0, 0.1) is 11.8 Å². The van der Waals surface area contributed by atoms with Gasteiger partial charge in [0.05, 0.1) is 38.1 Å². The Kier molecular flexibility index (Phi) is 4.93. The summed E-state index contributed by atoms with van der Waals surface area (Å²) in [6, 6.07) is 3.71. The van der Waals surface area contributed by atoms with Crippen LogP contribution in [0.25, 0.3) is 5.65 Å². The fourth-order valence-corrected chi connectivity index (χ4v) is 5.59. The van der Waals surface area contributed by atoms with E-state index in [1.807, 2.05) is 12.3 Å². The van der Waals surface area contributed by atoms with E-state index in [0.717, 1.165) is 12.8 Å². The Morgan fingerprint density at radius 1 is 1.28 bits per heavy atom. The molecule has 12 nitrogen and oxygen atoms in total. The number of nitrogens with one attached hydrogen (secondary N) is 3. The lowest BCUT2D eigenvalue weighted by atomic mass is 9.89. The van der Waals surface area contributed by atoms with Crippen LogP contribution >= 0.6 is 0 Å². The summed E-state index contributed by atoms with van der Waals surface area (Å²) < 4.78 is 20.2. The quantitative estimate of drug-likeness (QED) is 0.463. The Bertz CT molecular complexity index is 1410. The van der Waals surface area contributed by atoms with Gasteiger partial charge in [-0.3, -0.25) is 9.59 Å². The third-order valence-corrected chi connectivity index (χ3v) is 7.77. The van der Waals surface area contributed by atoms with E-state index in [4.69, 9.17) is 19.2 Å². The Balaban J connectivity index is 1.24. The number of aromatic nitrogens is 4. The summed E-state index contributed by atoms with van der Waals surface area (Å²) in [6.07, 6.45) is 5.13. The molecule has 188 valence electrons. The first kappa shape index (κ1) is 21.6. The van der Waals surface area contributed by atoms with Crippen LogP contribution < -0.4 is 26.2 Å². The Hall–Kier alpha value is -3.64. The van der Waals surface area contributed by atoms with Crippen molar-refractivity contribution in [2.45, 2.75) is 31.0 Å². The number of hydrogen-bond donors (Lipinski definition) is 3. The highest BCUT2D eigenvalue weighted by Gasteiger charge is 2.55. The maximum absolute atomic E-state index is 13.3. The van der Waals surface area contributed by atoms with Crippen LogP contribution in [0.2, 0.25) is 0 Å². The third-order valence-electron chi connectivity index (χ3n) is 7.77. The van der Waals surface area contributed by atoms with Crippen molar-refractivity contribution in [1.29, 1.82) is 0 Å². The molecule has 5 heterocycles. The van der Waals surface area contributed by atoms with Crippen molar-refractivity contribution in [3.8, 4) is 5.75 Å². The van der Waals surface area contributed by atoms with E-state index in [-0.39, 0.29) is 29.7 Å². The summed E-state index contributed by atoms with van der Waals surface area (Å²) in [7, 11) is 1.65. The van der Waals surface area contributed by atoms with E-state index in [2.05, 4.69) is 21.0 Å². The molecule has 3 N–H and O–H groups in total. The molecule has 0 aromatic carbocycles. The van der Waals surface area contributed by atoms with Crippen LogP contribution in [0.15, 0.2) is 29.3 Å². The number of pyridine rings is 1. The van der Waals surface area contributed by atoms with E-state index in [1.54, 1.807) is 22.3 Å². The molecule has 0 radical (unpaired) electrons. The smallest absolute Gasteiger partial charge is 0.274 e. The Morgan fingerprint density at radius 2 is 2.14 bits per heavy atom. The van der Waals surface area contributed by atoms with Gasteiger partial charge in [-0.1, -0.05) is 0 Å². The first-order valence-corrected chi connectivity index (χ1v) is 12.3. The van der Waals surface area contributed by atoms with Gasteiger partial charge in [-0.05, 0) is 25.0 Å². The number of hydrogen-bond acceptors (Lipinski definition) is 9. The average Bonchev–Trinajstić information content (AvgIpc) is 3.20. The molecule has 4 aliphatic rings. The molecular weight excluding hydrogens is 466 g/mol. The van der Waals surface area contributed by atoms with Gasteiger partial charge in [0.2, 0.25) is 5.75 Å². The number of methoxy groups -OCH3 is 1. The molecule has 5 atom stereocenters. The van der Waals surface area contributed by atoms with Gasteiger partial charge in [-0.25, -0.2) is 4.98 Å². The number of carbonyl (C=O) groups is 1. The molecule has 3 fully saturated rings. The minimum absolute atomic E-state index is 0.0154. The van der Waals surface area contributed by atoms with E-state index < -0.39 is 0 Å². The van der Waals surface area contributed by atoms with Crippen molar-refractivity contribution < 1.29 is 19.0 Å². The first-order chi connectivity index (χ1) is 17.6. The second kappa shape index (κ2) is 8.20. The zero-order valence-electron chi connectivity index (χ0n) is 19.8. The summed E-state index contributed by atoms with van der Waals surface area (Å²) >= 11 is 0. The number of amides is 1. The van der Waals surface area contributed by atoms with Crippen LogP contribution in [0.1, 0.15) is 29.2 Å². The highest BCUT2D eigenvalue weighted by molar-refractivity contribution is 6.00. The van der Waals surface area contributed by atoms with Crippen LogP contribution in [0.4, 0.5) is 17.3 Å². The molecular formula is C24H27N7O5. The fraction of sp³-hybridized carbons (Fsp3) is 0.500. The minimum atomic E-state index is -0.267. The molecule has 1 unspecified atom stereocenters. The Morgan fingerprint density at radius 3 is 2.92 bits per heavy atom. The maximum Gasteiger partial charge on any atom is 0.274 e. The molecule has 2 aliphatic carbocycles. The summed E-state index contributed by atoms with van der Waals surface area (Å²) in [5, 5.41) is 13.9. The van der Waals surface area contributed by atoms with E-state index in [0.29, 0.717) is 72.5 Å². The third kappa shape index (κ3) is 3.28. The van der Waals surface area contributed by atoms with Gasteiger partial charge >= 0.3 is 0 Å². The fourth-order valence-electron chi connectivity index (χ4n) is 5.59. The number of fused-ring (bicyclic) bond motifs is 4. The number of anilines is 3. The van der Waals surface area contributed by atoms with Gasteiger partial charge in [0, 0.05) is 31.2 Å². The highest BCUT2D eigenvalue weighted by Crippen LogP contribution is 2.53. The van der Waals surface area contributed by atoms with Crippen LogP contribution in [0.3, 0.4) is 0 Å². The molecule has 2 aliphatic heterocycles. The molecule has 1 amide bonds. The standard InChI is InChI=1S/C24H27N7O5/c1-34-17-5-4-15(17)28-23(32)12-9-26-31-21(12)29-20(19-22(31)25-6-8-36-19)27-16-3-2-7-30(24(16)33)18-13-10-35-11-14(13)18/h2-3,7,9,13-15,17-18,25H,4-6,8,10-11H2,1H3,(H,27,29)(H,28,32)/t13-,14+,15-,17-,18?/m0/s1. The summed E-state index contributed by atoms with van der Waals surface area (Å²) in [5.74, 6) is 1.91. The lowest BCUT2D eigenvalue weighted by Gasteiger charge is -2.35. The van der Waals surface area contributed by atoms with E-state index in [1.165, 1.54) is 6.20 Å². The number of rotatable bonds is 6. The SMILES string of the molecule is CO[C@H]1CC[C@@H]1NC(=O)c1cnn2c3c(c(Nc4cccn(C5[C@H]6COC[C@@H]56)c4=O)nc12)OCCN3. The van der Waals surface area contributed by atoms with Gasteiger partial charge in [-0.15, -0.1) is 0 Å². The molecule has 1 saturated heterocycles. The zero-order valence-corrected chi connectivity index (χ0v) is 19.8. The van der Waals surface area contributed by atoms with Gasteiger partial charge in [-0.2, -0.15) is 9.61 Å². The molecule has 3 aromatic rings. The minimum Gasteiger partial charge on any atom is -0.485 e. The van der Waals surface area contributed by atoms with Crippen molar-refractivity contribution in [3.05, 3.63) is 40.4 Å². The zero-order chi connectivity index (χ0) is 24.4. The van der Waals surface area contributed by atoms with E-state index >= 15 is 0 Å². The van der Waals surface area contributed by atoms with Gasteiger partial charge < -0.3 is 34.7 Å². The second-order valence-electron chi connectivity index (χ2n) is 9.75. The summed E-state index contributed by atoms with van der Waals surface area (Å²) in [5.41, 5.74) is 0.967. The molecule has 36 heavy (non-hydrogen) atoms. The van der Waals surface area contributed by atoms with Crippen LogP contribution in [0.5, 0.6) is 5.75 Å². The predicted molar refractivity (Wildman–Crippen MR) is 129 cm³/mol. The second-order valence-corrected chi connectivity index (χ2v) is 9.75. The molecule has 0 bridgehead atoms. The number of carbonyl (C=O) groups excluding carboxylic acids is 1. The number of ether oxygens (including phenoxy) is 3. The lowest BCUT2D eigenvalue weighted by molar-refractivity contribution is 0.00732. The highest BCUT2D eigenvalue weighted by atomic mass is 16.5. The Labute approximate surface area is 205 Å². The summed E-state index contributed by atoms with van der Waals surface area (Å²) in [4.78, 5) is 31.2. The van der Waals surface area contributed by atoms with Crippen molar-refractivity contribution in [2.75, 3.05) is 44.1 Å². The molecule has 7 rings (SSSR count). The van der Waals surface area contributed by atoms with Crippen molar-refractivity contribution in [1.82, 2.24) is 24.5 Å². The summed E-state index contributed by atoms with van der Waals surface area (Å²) in [6.45, 7) is 2.41. The first-order valence-electron chi connectivity index (χ1n) is 12.3. The van der Waals surface area contributed by atoms with Crippen LogP contribution in [-0.2, 0) is 9.47 Å². The maximum atomic E-state index is 13.3. The van der Waals surface area contributed by atoms with Crippen molar-refractivity contribution in [2.24, 2.45) is 11.8 Å². The van der Waals surface area contributed by atoms with Gasteiger partial charge in [0.15, 0.2) is 17.3 Å². The van der Waals surface area contributed by atoms with Gasteiger partial charge in [0.1, 0.15) is 17.9 Å². The van der Waals surface area contributed by atoms with Crippen molar-refractivity contribution >= 4 is 28.9 Å². The normalized spacial score (nSPS) is 27.9. The number of nitrogens with zero attached hydrogens (tertiary/aromatic N) is 4. The van der Waals surface area contributed by atoms with Crippen LogP contribution in [-0.4, -0.2) is 70.7 Å². The predicted octanol–water partition coefficient (Wildman–Crippen LogP) is 1.16. The topological polar surface area (TPSA) is 133 Å². The molecule has 3 aromatic heterocycles. The monoisotopic (exact) mass is 493 g/mol. The molecule has 0 spiro atoms. The van der Waals surface area contributed by atoms with E-state index in [9.17, 15) is 9.59 Å². The van der Waals surface area contributed by atoms with Crippen molar-refractivity contribution in [3.63, 3.8) is 0 Å². The average molecular weight is 494 g/mol. The molecule has 2 saturated carbocycles. The largest absolute Gasteiger partial charge is 0.485 e. The van der Waals surface area contributed by atoms with Gasteiger partial charge in [0.25, 0.3) is 11.5 Å². The lowest BCUT2D eigenvalue weighted by Crippen LogP contribution is -2.51. The molecule has 12 heteroatoms.